The number of amides is 1. The van der Waals surface area contributed by atoms with E-state index in [-0.39, 0.29) is 17.8 Å². The summed E-state index contributed by atoms with van der Waals surface area (Å²) in [6, 6.07) is 5.99. The van der Waals surface area contributed by atoms with E-state index in [1.54, 1.807) is 0 Å². The van der Waals surface area contributed by atoms with Crippen molar-refractivity contribution < 1.29 is 9.18 Å². The normalized spacial score (nSPS) is 22.9. The van der Waals surface area contributed by atoms with Crippen LogP contribution in [-0.4, -0.2) is 11.9 Å². The summed E-state index contributed by atoms with van der Waals surface area (Å²) in [6.07, 6.45) is 5.64. The Bertz CT molecular complexity index is 472. The van der Waals surface area contributed by atoms with E-state index >= 15 is 0 Å². The molecular weight excluding hydrogens is 265 g/mol. The molecule has 0 unspecified atom stereocenters. The lowest BCUT2D eigenvalue weighted by molar-refractivity contribution is 0.0893. The molecule has 0 aromatic heterocycles. The molecule has 1 saturated carbocycles. The fraction of sp³-hybridized carbons (Fsp3) is 0.611. The van der Waals surface area contributed by atoms with Crippen LogP contribution < -0.4 is 5.32 Å². The van der Waals surface area contributed by atoms with Crippen LogP contribution in [0, 0.1) is 17.2 Å². The smallest absolute Gasteiger partial charge is 0.251 e. The third kappa shape index (κ3) is 4.05. The summed E-state index contributed by atoms with van der Waals surface area (Å²) < 4.78 is 12.9. The SMILES string of the molecule is CCC(C)(C)C1CCC(NC(=O)c2ccc(F)cc2)CC1. The van der Waals surface area contributed by atoms with Crippen LogP contribution in [-0.2, 0) is 0 Å². The van der Waals surface area contributed by atoms with Crippen molar-refractivity contribution in [2.75, 3.05) is 0 Å². The fourth-order valence-corrected chi connectivity index (χ4v) is 3.18. The van der Waals surface area contributed by atoms with E-state index in [4.69, 9.17) is 0 Å². The number of nitrogens with one attached hydrogen (secondary N) is 1. The molecule has 1 aromatic carbocycles. The van der Waals surface area contributed by atoms with Crippen LogP contribution in [0.25, 0.3) is 0 Å². The first-order valence-corrected chi connectivity index (χ1v) is 7.99. The maximum atomic E-state index is 12.9. The maximum Gasteiger partial charge on any atom is 0.251 e. The number of hydrogen-bond donors (Lipinski definition) is 1. The van der Waals surface area contributed by atoms with Crippen molar-refractivity contribution in [3.8, 4) is 0 Å². The summed E-state index contributed by atoms with van der Waals surface area (Å²) in [5.74, 6) is 0.350. The van der Waals surface area contributed by atoms with Crippen molar-refractivity contribution in [1.82, 2.24) is 5.32 Å². The molecule has 2 rings (SSSR count). The van der Waals surface area contributed by atoms with Gasteiger partial charge in [-0.05, 0) is 61.3 Å². The Hall–Kier alpha value is -1.38. The molecule has 1 N–H and O–H groups in total. The van der Waals surface area contributed by atoms with Crippen molar-refractivity contribution in [2.45, 2.75) is 58.9 Å². The second kappa shape index (κ2) is 6.59. The highest BCUT2D eigenvalue weighted by molar-refractivity contribution is 5.94. The number of benzene rings is 1. The van der Waals surface area contributed by atoms with E-state index < -0.39 is 0 Å². The highest BCUT2D eigenvalue weighted by Crippen LogP contribution is 2.40. The lowest BCUT2D eigenvalue weighted by atomic mass is 9.69. The lowest BCUT2D eigenvalue weighted by Gasteiger charge is -2.39. The number of halogens is 1. The molecule has 0 bridgehead atoms. The Balaban J connectivity index is 1.86. The zero-order valence-electron chi connectivity index (χ0n) is 13.3. The van der Waals surface area contributed by atoms with Crippen molar-refractivity contribution in [1.29, 1.82) is 0 Å². The summed E-state index contributed by atoms with van der Waals surface area (Å²) in [5.41, 5.74) is 0.929. The second-order valence-electron chi connectivity index (χ2n) is 6.87. The molecule has 116 valence electrons. The number of hydrogen-bond acceptors (Lipinski definition) is 1. The Morgan fingerprint density at radius 2 is 1.76 bits per heavy atom. The topological polar surface area (TPSA) is 29.1 Å². The molecule has 0 heterocycles. The minimum Gasteiger partial charge on any atom is -0.349 e. The number of rotatable bonds is 4. The van der Waals surface area contributed by atoms with Crippen molar-refractivity contribution in [2.24, 2.45) is 11.3 Å². The first kappa shape index (κ1) is 16.0. The second-order valence-corrected chi connectivity index (χ2v) is 6.87. The molecule has 1 amide bonds. The van der Waals surface area contributed by atoms with Gasteiger partial charge in [0.15, 0.2) is 0 Å². The van der Waals surface area contributed by atoms with E-state index in [0.29, 0.717) is 11.0 Å². The molecule has 0 radical (unpaired) electrons. The van der Waals surface area contributed by atoms with Crippen LogP contribution in [0.5, 0.6) is 0 Å². The molecular formula is C18H26FNO. The van der Waals surface area contributed by atoms with E-state index in [1.807, 2.05) is 0 Å². The Kier molecular flexibility index (Phi) is 5.02. The molecule has 2 nitrogen and oxygen atoms in total. The Labute approximate surface area is 127 Å². The lowest BCUT2D eigenvalue weighted by Crippen LogP contribution is -2.39. The van der Waals surface area contributed by atoms with Gasteiger partial charge in [-0.2, -0.15) is 0 Å². The van der Waals surface area contributed by atoms with Gasteiger partial charge in [0.1, 0.15) is 5.82 Å². The van der Waals surface area contributed by atoms with E-state index in [9.17, 15) is 9.18 Å². The third-order valence-corrected chi connectivity index (χ3v) is 5.19. The van der Waals surface area contributed by atoms with Gasteiger partial charge in [0.05, 0.1) is 0 Å². The van der Waals surface area contributed by atoms with Gasteiger partial charge in [0, 0.05) is 11.6 Å². The quantitative estimate of drug-likeness (QED) is 0.866. The van der Waals surface area contributed by atoms with Crippen LogP contribution in [0.15, 0.2) is 24.3 Å². The largest absolute Gasteiger partial charge is 0.349 e. The van der Waals surface area contributed by atoms with Gasteiger partial charge in [0.25, 0.3) is 5.91 Å². The van der Waals surface area contributed by atoms with Crippen LogP contribution in [0.3, 0.4) is 0 Å². The molecule has 1 aliphatic carbocycles. The Morgan fingerprint density at radius 1 is 1.19 bits per heavy atom. The van der Waals surface area contributed by atoms with Crippen molar-refractivity contribution in [3.63, 3.8) is 0 Å². The van der Waals surface area contributed by atoms with Gasteiger partial charge < -0.3 is 5.32 Å². The highest BCUT2D eigenvalue weighted by Gasteiger charge is 2.32. The summed E-state index contributed by atoms with van der Waals surface area (Å²) >= 11 is 0. The summed E-state index contributed by atoms with van der Waals surface area (Å²) in [5, 5.41) is 3.08. The van der Waals surface area contributed by atoms with Gasteiger partial charge in [-0.15, -0.1) is 0 Å². The molecule has 0 spiro atoms. The summed E-state index contributed by atoms with van der Waals surface area (Å²) in [6.45, 7) is 6.94. The molecule has 0 saturated heterocycles. The average Bonchev–Trinajstić information content (AvgIpc) is 2.48. The van der Waals surface area contributed by atoms with Gasteiger partial charge >= 0.3 is 0 Å². The van der Waals surface area contributed by atoms with E-state index in [2.05, 4.69) is 26.1 Å². The van der Waals surface area contributed by atoms with Gasteiger partial charge in [-0.25, -0.2) is 4.39 Å². The summed E-state index contributed by atoms with van der Waals surface area (Å²) in [4.78, 5) is 12.1. The van der Waals surface area contributed by atoms with Gasteiger partial charge in [-0.1, -0.05) is 27.2 Å². The highest BCUT2D eigenvalue weighted by atomic mass is 19.1. The maximum absolute atomic E-state index is 12.9. The van der Waals surface area contributed by atoms with Crippen LogP contribution in [0.1, 0.15) is 63.2 Å². The zero-order chi connectivity index (χ0) is 15.5. The van der Waals surface area contributed by atoms with Gasteiger partial charge in [-0.3, -0.25) is 4.79 Å². The standard InChI is InChI=1S/C18H26FNO/c1-4-18(2,3)14-7-11-16(12-8-14)20-17(21)13-5-9-15(19)10-6-13/h5-6,9-10,14,16H,4,7-8,11-12H2,1-3H3,(H,20,21). The van der Waals surface area contributed by atoms with E-state index in [1.165, 1.54) is 43.5 Å². The predicted octanol–water partition coefficient (Wildman–Crippen LogP) is 4.55. The minimum atomic E-state index is -0.311. The molecule has 0 atom stereocenters. The number of carbonyl (C=O) groups is 1. The van der Waals surface area contributed by atoms with E-state index in [0.717, 1.165) is 18.8 Å². The molecule has 1 fully saturated rings. The first-order valence-electron chi connectivity index (χ1n) is 7.99. The minimum absolute atomic E-state index is 0.0896. The molecule has 1 aromatic rings. The van der Waals surface area contributed by atoms with Crippen LogP contribution >= 0.6 is 0 Å². The van der Waals surface area contributed by atoms with Gasteiger partial charge in [0.2, 0.25) is 0 Å². The first-order chi connectivity index (χ1) is 9.92. The summed E-state index contributed by atoms with van der Waals surface area (Å²) in [7, 11) is 0. The van der Waals surface area contributed by atoms with Crippen molar-refractivity contribution >= 4 is 5.91 Å². The Morgan fingerprint density at radius 3 is 2.29 bits per heavy atom. The van der Waals surface area contributed by atoms with Crippen LogP contribution in [0.4, 0.5) is 4.39 Å². The molecule has 0 aliphatic heterocycles. The zero-order valence-corrected chi connectivity index (χ0v) is 13.3. The fourth-order valence-electron chi connectivity index (χ4n) is 3.18. The number of carbonyl (C=O) groups excluding carboxylic acids is 1. The third-order valence-electron chi connectivity index (χ3n) is 5.19. The van der Waals surface area contributed by atoms with Crippen LogP contribution in [0.2, 0.25) is 0 Å². The average molecular weight is 291 g/mol. The van der Waals surface area contributed by atoms with Crippen molar-refractivity contribution in [3.05, 3.63) is 35.6 Å². The molecule has 21 heavy (non-hydrogen) atoms. The monoisotopic (exact) mass is 291 g/mol. The predicted molar refractivity (Wildman–Crippen MR) is 83.7 cm³/mol. The molecule has 3 heteroatoms. The molecule has 1 aliphatic rings.